The van der Waals surface area contributed by atoms with E-state index in [1.54, 1.807) is 24.5 Å². The number of halogens is 4. The zero-order valence-electron chi connectivity index (χ0n) is 21.2. The number of aromatic nitrogens is 2. The maximum Gasteiger partial charge on any atom is 0.339 e. The Balaban J connectivity index is 0.00000337. The SMILES string of the molecule is O.O=C(O[C@@]12CN[C@H]1CN(c1cnc(Cl)c(Cl)c1)C2)C(O)C(O)C(=O)O[C@@]12CN[C@H]1CN(c1cnc(Cl)c(Cl)c1)C2. The average Bonchev–Trinajstić information content (AvgIpc) is 3.31. The molecule has 41 heavy (non-hydrogen) atoms. The summed E-state index contributed by atoms with van der Waals surface area (Å²) in [5, 5.41) is 28.4. The molecule has 2 aromatic rings. The van der Waals surface area contributed by atoms with Crippen LogP contribution in [-0.4, -0.2) is 112 Å². The van der Waals surface area contributed by atoms with Crippen LogP contribution in [0.1, 0.15) is 0 Å². The minimum atomic E-state index is -2.14. The number of pyridine rings is 2. The molecule has 0 spiro atoms. The van der Waals surface area contributed by atoms with Crippen LogP contribution >= 0.6 is 46.4 Å². The molecule has 0 saturated carbocycles. The summed E-state index contributed by atoms with van der Waals surface area (Å²) < 4.78 is 11.3. The van der Waals surface area contributed by atoms with Gasteiger partial charge in [0.05, 0.1) is 59.0 Å². The molecule has 0 amide bonds. The van der Waals surface area contributed by atoms with Gasteiger partial charge in [-0.1, -0.05) is 46.4 Å². The molecule has 4 aliphatic heterocycles. The first-order valence-electron chi connectivity index (χ1n) is 12.4. The lowest BCUT2D eigenvalue weighted by atomic mass is 9.89. The van der Waals surface area contributed by atoms with Crippen molar-refractivity contribution in [2.45, 2.75) is 35.5 Å². The van der Waals surface area contributed by atoms with Gasteiger partial charge in [0.1, 0.15) is 10.3 Å². The molecule has 6 heterocycles. The Labute approximate surface area is 253 Å². The molecule has 2 aromatic heterocycles. The van der Waals surface area contributed by atoms with E-state index in [4.69, 9.17) is 55.9 Å². The molecule has 6 N–H and O–H groups in total. The third-order valence-corrected chi connectivity index (χ3v) is 9.34. The number of aliphatic hydroxyl groups excluding tert-OH is 2. The largest absolute Gasteiger partial charge is 0.452 e. The molecular formula is C24H26Cl4N6O7. The Bertz CT molecular complexity index is 1270. The van der Waals surface area contributed by atoms with Gasteiger partial charge in [-0.3, -0.25) is 0 Å². The third-order valence-electron chi connectivity index (χ3n) is 7.97. The molecule has 0 bridgehead atoms. The van der Waals surface area contributed by atoms with Crippen molar-refractivity contribution >= 4 is 69.7 Å². The molecule has 4 aliphatic rings. The smallest absolute Gasteiger partial charge is 0.339 e. The van der Waals surface area contributed by atoms with E-state index in [0.717, 1.165) is 0 Å². The second-order valence-corrected chi connectivity index (χ2v) is 12.0. The van der Waals surface area contributed by atoms with Gasteiger partial charge in [0, 0.05) is 26.2 Å². The van der Waals surface area contributed by atoms with Gasteiger partial charge in [-0.15, -0.1) is 0 Å². The number of nitrogens with zero attached hydrogens (tertiary/aromatic N) is 4. The molecule has 13 nitrogen and oxygen atoms in total. The summed E-state index contributed by atoms with van der Waals surface area (Å²) in [5.74, 6) is -2.25. The van der Waals surface area contributed by atoms with E-state index < -0.39 is 35.3 Å². The summed E-state index contributed by atoms with van der Waals surface area (Å²) in [7, 11) is 0. The van der Waals surface area contributed by atoms with Crippen LogP contribution in [0, 0.1) is 0 Å². The van der Waals surface area contributed by atoms with Crippen LogP contribution in [0.3, 0.4) is 0 Å². The first-order valence-corrected chi connectivity index (χ1v) is 13.9. The highest BCUT2D eigenvalue weighted by atomic mass is 35.5. The van der Waals surface area contributed by atoms with Crippen LogP contribution < -0.4 is 20.4 Å². The van der Waals surface area contributed by atoms with E-state index in [1.165, 1.54) is 0 Å². The fraction of sp³-hybridized carbons (Fsp3) is 0.500. The number of aliphatic hydroxyl groups is 2. The maximum atomic E-state index is 12.9. The Morgan fingerprint density at radius 2 is 1.22 bits per heavy atom. The van der Waals surface area contributed by atoms with Gasteiger partial charge in [0.25, 0.3) is 0 Å². The monoisotopic (exact) mass is 650 g/mol. The summed E-state index contributed by atoms with van der Waals surface area (Å²) in [6.45, 7) is 2.21. The highest BCUT2D eigenvalue weighted by molar-refractivity contribution is 6.41. The van der Waals surface area contributed by atoms with Crippen LogP contribution in [-0.2, 0) is 19.1 Å². The third kappa shape index (κ3) is 5.28. The van der Waals surface area contributed by atoms with E-state index in [2.05, 4.69) is 20.6 Å². The van der Waals surface area contributed by atoms with Crippen molar-refractivity contribution in [3.63, 3.8) is 0 Å². The number of fused-ring (bicyclic) bond motifs is 2. The molecule has 6 rings (SSSR count). The number of hydrogen-bond acceptors (Lipinski definition) is 12. The molecule has 17 heteroatoms. The highest BCUT2D eigenvalue weighted by Gasteiger charge is 2.59. The fourth-order valence-electron chi connectivity index (χ4n) is 5.58. The average molecular weight is 652 g/mol. The predicted molar refractivity (Wildman–Crippen MR) is 150 cm³/mol. The van der Waals surface area contributed by atoms with Gasteiger partial charge in [0.2, 0.25) is 0 Å². The first-order chi connectivity index (χ1) is 19.0. The Morgan fingerprint density at radius 1 is 0.829 bits per heavy atom. The van der Waals surface area contributed by atoms with E-state index in [-0.39, 0.29) is 37.9 Å². The molecule has 2 unspecified atom stereocenters. The summed E-state index contributed by atoms with van der Waals surface area (Å²) in [6, 6.07) is 2.86. The lowest BCUT2D eigenvalue weighted by Crippen LogP contribution is -2.70. The number of nitrogens with one attached hydrogen (secondary N) is 2. The summed E-state index contributed by atoms with van der Waals surface area (Å²) in [6.07, 6.45) is -1.15. The number of carbonyl (C=O) groups excluding carboxylic acids is 2. The van der Waals surface area contributed by atoms with E-state index in [1.807, 2.05) is 9.80 Å². The maximum absolute atomic E-state index is 12.9. The number of rotatable bonds is 7. The van der Waals surface area contributed by atoms with E-state index >= 15 is 0 Å². The number of carbonyl (C=O) groups is 2. The fourth-order valence-corrected chi connectivity index (χ4v) is 6.11. The lowest BCUT2D eigenvalue weighted by molar-refractivity contribution is -0.196. The standard InChI is InChI=1S/C24H24Cl4N6O6.H2O/c25-13-1-11(3-29-19(13)27)33-5-15-23(9-33,7-31-15)39-21(37)17(35)18(36)22(38)40-24-8-32-16(24)6-34(10-24)12-2-14(26)20(28)30-4-12;/h1-4,15-18,31-32,35-36H,5-10H2;1H2/t15-,16-,17?,18?,23+,24+;/m0./s1. The van der Waals surface area contributed by atoms with Gasteiger partial charge < -0.3 is 45.6 Å². The van der Waals surface area contributed by atoms with Gasteiger partial charge in [-0.05, 0) is 12.1 Å². The zero-order chi connectivity index (χ0) is 28.4. The molecule has 6 atom stereocenters. The van der Waals surface area contributed by atoms with Crippen molar-refractivity contribution in [3.05, 3.63) is 44.9 Å². The zero-order valence-corrected chi connectivity index (χ0v) is 24.2. The number of anilines is 2. The van der Waals surface area contributed by atoms with Crippen molar-refractivity contribution in [2.24, 2.45) is 0 Å². The molecule has 4 saturated heterocycles. The molecule has 4 fully saturated rings. The van der Waals surface area contributed by atoms with Gasteiger partial charge in [-0.2, -0.15) is 0 Å². The summed E-state index contributed by atoms with van der Waals surface area (Å²) >= 11 is 24.0. The molecule has 0 radical (unpaired) electrons. The molecular weight excluding hydrogens is 626 g/mol. The van der Waals surface area contributed by atoms with E-state index in [0.29, 0.717) is 50.6 Å². The van der Waals surface area contributed by atoms with Crippen LogP contribution in [0.5, 0.6) is 0 Å². The molecule has 0 aliphatic carbocycles. The van der Waals surface area contributed by atoms with Gasteiger partial charge in [-0.25, -0.2) is 19.6 Å². The normalized spacial score (nSPS) is 29.3. The van der Waals surface area contributed by atoms with Crippen molar-refractivity contribution in [2.75, 3.05) is 49.1 Å². The second-order valence-electron chi connectivity index (χ2n) is 10.4. The van der Waals surface area contributed by atoms with Crippen molar-refractivity contribution < 1.29 is 34.8 Å². The summed E-state index contributed by atoms with van der Waals surface area (Å²) in [4.78, 5) is 37.7. The second kappa shape index (κ2) is 11.1. The minimum absolute atomic E-state index is 0. The quantitative estimate of drug-likeness (QED) is 0.230. The van der Waals surface area contributed by atoms with Gasteiger partial charge in [0.15, 0.2) is 23.4 Å². The predicted octanol–water partition coefficient (Wildman–Crippen LogP) is -0.165. The topological polar surface area (TPSA) is 181 Å². The van der Waals surface area contributed by atoms with Crippen LogP contribution in [0.4, 0.5) is 11.4 Å². The van der Waals surface area contributed by atoms with Crippen LogP contribution in [0.2, 0.25) is 20.4 Å². The van der Waals surface area contributed by atoms with Crippen molar-refractivity contribution in [1.29, 1.82) is 0 Å². The number of esters is 2. The minimum Gasteiger partial charge on any atom is -0.452 e. The lowest BCUT2D eigenvalue weighted by Gasteiger charge is -2.44. The van der Waals surface area contributed by atoms with Crippen LogP contribution in [0.15, 0.2) is 24.5 Å². The van der Waals surface area contributed by atoms with Gasteiger partial charge >= 0.3 is 11.9 Å². The van der Waals surface area contributed by atoms with E-state index in [9.17, 15) is 19.8 Å². The Kier molecular flexibility index (Phi) is 8.22. The van der Waals surface area contributed by atoms with Crippen molar-refractivity contribution in [3.8, 4) is 0 Å². The Hall–Kier alpha value is -2.20. The first kappa shape index (κ1) is 30.3. The van der Waals surface area contributed by atoms with Crippen LogP contribution in [0.25, 0.3) is 0 Å². The number of hydrogen-bond donors (Lipinski definition) is 4. The molecule has 222 valence electrons. The Morgan fingerprint density at radius 3 is 1.54 bits per heavy atom. The summed E-state index contributed by atoms with van der Waals surface area (Å²) in [5.41, 5.74) is -0.546. The highest BCUT2D eigenvalue weighted by Crippen LogP contribution is 2.38. The molecule has 0 aromatic carbocycles. The van der Waals surface area contributed by atoms with Crippen molar-refractivity contribution in [1.82, 2.24) is 20.6 Å². The number of ether oxygens (including phenoxy) is 2.